The third-order valence-electron chi connectivity index (χ3n) is 4.38. The lowest BCUT2D eigenvalue weighted by molar-refractivity contribution is 0.358. The van der Waals surface area contributed by atoms with Gasteiger partial charge in [0.05, 0.1) is 0 Å². The van der Waals surface area contributed by atoms with Crippen molar-refractivity contribution in [3.63, 3.8) is 0 Å². The minimum absolute atomic E-state index is 0.167. The van der Waals surface area contributed by atoms with Crippen LogP contribution in [0.25, 0.3) is 0 Å². The van der Waals surface area contributed by atoms with Gasteiger partial charge in [0, 0.05) is 52.0 Å². The Morgan fingerprint density at radius 2 is 1.96 bits per heavy atom. The van der Waals surface area contributed by atoms with E-state index in [4.69, 9.17) is 0 Å². The standard InChI is InChI=1S/C15H28N6O2S/c1-10(2)12-8-21(9-13(12)19-24(22,23)20(5)6)15-17-11(3)7-14(16-4)18-15/h7,10,12-13,19H,8-9H2,1-6H3,(H,16,17,18)/t12-,13+/m1/s1. The molecular weight excluding hydrogens is 328 g/mol. The highest BCUT2D eigenvalue weighted by molar-refractivity contribution is 7.87. The molecule has 0 saturated carbocycles. The van der Waals surface area contributed by atoms with Crippen molar-refractivity contribution >= 4 is 22.0 Å². The van der Waals surface area contributed by atoms with Crippen molar-refractivity contribution in [2.24, 2.45) is 11.8 Å². The molecule has 24 heavy (non-hydrogen) atoms. The SMILES string of the molecule is CNc1cc(C)nc(N2C[C@H](NS(=O)(=O)N(C)C)[C@@H](C(C)C)C2)n1. The zero-order valence-corrected chi connectivity index (χ0v) is 16.1. The number of nitrogens with one attached hydrogen (secondary N) is 2. The zero-order valence-electron chi connectivity index (χ0n) is 15.2. The Labute approximate surface area is 144 Å². The van der Waals surface area contributed by atoms with E-state index in [9.17, 15) is 8.42 Å². The molecule has 0 aliphatic carbocycles. The van der Waals surface area contributed by atoms with Gasteiger partial charge in [-0.05, 0) is 18.8 Å². The summed E-state index contributed by atoms with van der Waals surface area (Å²) >= 11 is 0. The van der Waals surface area contributed by atoms with Crippen LogP contribution in [0.5, 0.6) is 0 Å². The number of nitrogens with zero attached hydrogens (tertiary/aromatic N) is 4. The van der Waals surface area contributed by atoms with Gasteiger partial charge in [0.2, 0.25) is 5.95 Å². The maximum Gasteiger partial charge on any atom is 0.279 e. The maximum absolute atomic E-state index is 12.2. The number of rotatable bonds is 6. The first-order valence-corrected chi connectivity index (χ1v) is 9.56. The van der Waals surface area contributed by atoms with Crippen LogP contribution in [0.1, 0.15) is 19.5 Å². The summed E-state index contributed by atoms with van der Waals surface area (Å²) < 4.78 is 28.4. The molecular formula is C15H28N6O2S. The molecule has 1 aromatic rings. The number of hydrogen-bond donors (Lipinski definition) is 2. The molecule has 2 rings (SSSR count). The van der Waals surface area contributed by atoms with E-state index in [1.54, 1.807) is 0 Å². The average molecular weight is 356 g/mol. The minimum Gasteiger partial charge on any atom is -0.373 e. The Balaban J connectivity index is 2.25. The number of hydrogen-bond acceptors (Lipinski definition) is 6. The fourth-order valence-corrected chi connectivity index (χ4v) is 3.75. The number of anilines is 2. The van der Waals surface area contributed by atoms with Crippen LogP contribution in [0, 0.1) is 18.8 Å². The third-order valence-corrected chi connectivity index (χ3v) is 5.95. The van der Waals surface area contributed by atoms with E-state index in [-0.39, 0.29) is 12.0 Å². The molecule has 1 fully saturated rings. The molecule has 136 valence electrons. The fraction of sp³-hybridized carbons (Fsp3) is 0.733. The van der Waals surface area contributed by atoms with Gasteiger partial charge in [-0.2, -0.15) is 22.4 Å². The first kappa shape index (κ1) is 18.9. The Kier molecular flexibility index (Phi) is 5.67. The number of aromatic nitrogens is 2. The van der Waals surface area contributed by atoms with Crippen molar-refractivity contribution in [2.75, 3.05) is 44.4 Å². The van der Waals surface area contributed by atoms with Crippen molar-refractivity contribution in [1.82, 2.24) is 19.0 Å². The molecule has 0 bridgehead atoms. The predicted molar refractivity (Wildman–Crippen MR) is 96.4 cm³/mol. The lowest BCUT2D eigenvalue weighted by Crippen LogP contribution is -2.46. The van der Waals surface area contributed by atoms with Crippen LogP contribution in [0.2, 0.25) is 0 Å². The van der Waals surface area contributed by atoms with Crippen LogP contribution >= 0.6 is 0 Å². The summed E-state index contributed by atoms with van der Waals surface area (Å²) in [7, 11) is 1.41. The Morgan fingerprint density at radius 1 is 1.29 bits per heavy atom. The highest BCUT2D eigenvalue weighted by Crippen LogP contribution is 2.28. The van der Waals surface area contributed by atoms with Crippen molar-refractivity contribution in [2.45, 2.75) is 26.8 Å². The summed E-state index contributed by atoms with van der Waals surface area (Å²) in [5.41, 5.74) is 0.878. The Hall–Kier alpha value is -1.45. The third kappa shape index (κ3) is 4.14. The lowest BCUT2D eigenvalue weighted by atomic mass is 9.92. The highest BCUT2D eigenvalue weighted by atomic mass is 32.2. The molecule has 2 N–H and O–H groups in total. The fourth-order valence-electron chi connectivity index (χ4n) is 2.91. The molecule has 1 aromatic heterocycles. The van der Waals surface area contributed by atoms with Crippen LogP contribution in [-0.2, 0) is 10.2 Å². The molecule has 0 amide bonds. The van der Waals surface area contributed by atoms with E-state index < -0.39 is 10.2 Å². The van der Waals surface area contributed by atoms with Gasteiger partial charge in [0.15, 0.2) is 0 Å². The second-order valence-corrected chi connectivity index (χ2v) is 8.69. The van der Waals surface area contributed by atoms with Gasteiger partial charge in [0.25, 0.3) is 10.2 Å². The van der Waals surface area contributed by atoms with E-state index >= 15 is 0 Å². The van der Waals surface area contributed by atoms with Crippen LogP contribution in [0.4, 0.5) is 11.8 Å². The van der Waals surface area contributed by atoms with Gasteiger partial charge in [-0.1, -0.05) is 13.8 Å². The van der Waals surface area contributed by atoms with Gasteiger partial charge in [-0.15, -0.1) is 0 Å². The first-order chi connectivity index (χ1) is 11.1. The monoisotopic (exact) mass is 356 g/mol. The van der Waals surface area contributed by atoms with Crippen LogP contribution in [0.15, 0.2) is 6.07 Å². The summed E-state index contributed by atoms with van der Waals surface area (Å²) in [5, 5.41) is 3.03. The van der Waals surface area contributed by atoms with Crippen LogP contribution in [-0.4, -0.2) is 63.0 Å². The van der Waals surface area contributed by atoms with E-state index in [2.05, 4.69) is 38.8 Å². The van der Waals surface area contributed by atoms with Crippen LogP contribution < -0.4 is 14.9 Å². The van der Waals surface area contributed by atoms with Crippen molar-refractivity contribution in [1.29, 1.82) is 0 Å². The van der Waals surface area contributed by atoms with Gasteiger partial charge in [0.1, 0.15) is 5.82 Å². The molecule has 1 saturated heterocycles. The topological polar surface area (TPSA) is 90.5 Å². The average Bonchev–Trinajstić information content (AvgIpc) is 2.89. The Morgan fingerprint density at radius 3 is 2.50 bits per heavy atom. The summed E-state index contributed by atoms with van der Waals surface area (Å²) in [5.74, 6) is 1.94. The molecule has 1 aliphatic heterocycles. The highest BCUT2D eigenvalue weighted by Gasteiger charge is 2.38. The second-order valence-electron chi connectivity index (χ2n) is 6.77. The molecule has 0 unspecified atom stereocenters. The summed E-state index contributed by atoms with van der Waals surface area (Å²) in [6, 6.07) is 1.71. The van der Waals surface area contributed by atoms with Crippen molar-refractivity contribution in [3.8, 4) is 0 Å². The maximum atomic E-state index is 12.2. The molecule has 0 aromatic carbocycles. The van der Waals surface area contributed by atoms with Crippen molar-refractivity contribution < 1.29 is 8.42 Å². The molecule has 0 radical (unpaired) electrons. The normalized spacial score (nSPS) is 21.8. The largest absolute Gasteiger partial charge is 0.373 e. The predicted octanol–water partition coefficient (Wildman–Crippen LogP) is 0.684. The Bertz CT molecular complexity index is 677. The van der Waals surface area contributed by atoms with Gasteiger partial charge >= 0.3 is 0 Å². The molecule has 9 heteroatoms. The van der Waals surface area contributed by atoms with Gasteiger partial charge < -0.3 is 10.2 Å². The quantitative estimate of drug-likeness (QED) is 0.779. The summed E-state index contributed by atoms with van der Waals surface area (Å²) in [6.07, 6.45) is 0. The first-order valence-electron chi connectivity index (χ1n) is 8.12. The smallest absolute Gasteiger partial charge is 0.279 e. The lowest BCUT2D eigenvalue weighted by Gasteiger charge is -2.24. The van der Waals surface area contributed by atoms with Crippen molar-refractivity contribution in [3.05, 3.63) is 11.8 Å². The minimum atomic E-state index is -3.47. The zero-order chi connectivity index (χ0) is 18.1. The van der Waals surface area contributed by atoms with E-state index in [1.807, 2.05) is 20.0 Å². The summed E-state index contributed by atoms with van der Waals surface area (Å²) in [6.45, 7) is 7.43. The summed E-state index contributed by atoms with van der Waals surface area (Å²) in [4.78, 5) is 11.1. The van der Waals surface area contributed by atoms with Crippen LogP contribution in [0.3, 0.4) is 0 Å². The molecule has 1 aliphatic rings. The molecule has 8 nitrogen and oxygen atoms in total. The molecule has 0 spiro atoms. The molecule has 2 heterocycles. The van der Waals surface area contributed by atoms with E-state index in [0.29, 0.717) is 18.4 Å². The number of aryl methyl sites for hydroxylation is 1. The van der Waals surface area contributed by atoms with E-state index in [0.717, 1.165) is 18.1 Å². The second kappa shape index (κ2) is 7.20. The van der Waals surface area contributed by atoms with Gasteiger partial charge in [-0.3, -0.25) is 0 Å². The van der Waals surface area contributed by atoms with Gasteiger partial charge in [-0.25, -0.2) is 4.98 Å². The molecule has 2 atom stereocenters. The van der Waals surface area contributed by atoms with E-state index in [1.165, 1.54) is 18.4 Å².